The van der Waals surface area contributed by atoms with Crippen LogP contribution < -0.4 is 10.9 Å². The minimum Gasteiger partial charge on any atom is -0.273 e. The summed E-state index contributed by atoms with van der Waals surface area (Å²) in [6.45, 7) is 4.48. The highest BCUT2D eigenvalue weighted by atomic mass is 16.2. The van der Waals surface area contributed by atoms with Crippen LogP contribution in [0, 0.1) is 11.8 Å². The average Bonchev–Trinajstić information content (AvgIpc) is 2.76. The number of amides is 2. The summed E-state index contributed by atoms with van der Waals surface area (Å²) in [7, 11) is 0. The summed E-state index contributed by atoms with van der Waals surface area (Å²) >= 11 is 0. The van der Waals surface area contributed by atoms with E-state index in [-0.39, 0.29) is 11.8 Å². The number of unbranched alkanes of at least 4 members (excludes halogenated alkanes) is 2. The molecule has 0 aromatic heterocycles. The molecule has 0 aromatic carbocycles. The molecule has 0 unspecified atom stereocenters. The maximum Gasteiger partial charge on any atom is 0.240 e. The third kappa shape index (κ3) is 9.55. The first kappa shape index (κ1) is 23.6. The van der Waals surface area contributed by atoms with Crippen LogP contribution in [0.1, 0.15) is 110 Å². The molecular weight excluding hydrogens is 364 g/mol. The van der Waals surface area contributed by atoms with Crippen molar-refractivity contribution in [3.63, 3.8) is 0 Å². The summed E-state index contributed by atoms with van der Waals surface area (Å²) < 4.78 is 0. The van der Waals surface area contributed by atoms with Gasteiger partial charge in [0.25, 0.3) is 0 Å². The lowest BCUT2D eigenvalue weighted by atomic mass is 9.86. The molecule has 29 heavy (non-hydrogen) atoms. The van der Waals surface area contributed by atoms with Crippen molar-refractivity contribution < 1.29 is 9.59 Å². The van der Waals surface area contributed by atoms with E-state index >= 15 is 0 Å². The van der Waals surface area contributed by atoms with Crippen molar-refractivity contribution >= 4 is 23.2 Å². The van der Waals surface area contributed by atoms with Crippen LogP contribution >= 0.6 is 0 Å². The van der Waals surface area contributed by atoms with Gasteiger partial charge < -0.3 is 0 Å². The first-order chi connectivity index (χ1) is 14.1. The molecule has 0 aliphatic heterocycles. The van der Waals surface area contributed by atoms with Crippen molar-refractivity contribution in [1.29, 1.82) is 0 Å². The summed E-state index contributed by atoms with van der Waals surface area (Å²) in [6.07, 6.45) is 14.7. The van der Waals surface area contributed by atoms with Gasteiger partial charge in [-0.05, 0) is 76.0 Å². The van der Waals surface area contributed by atoms with E-state index in [9.17, 15) is 9.59 Å². The molecule has 2 rings (SSSR count). The van der Waals surface area contributed by atoms with E-state index in [0.717, 1.165) is 68.2 Å². The second-order valence-electron chi connectivity index (χ2n) is 8.69. The Hall–Kier alpha value is -1.72. The Kier molecular flexibility index (Phi) is 11.0. The molecule has 164 valence electrons. The normalized spacial score (nSPS) is 22.1. The zero-order chi connectivity index (χ0) is 20.9. The van der Waals surface area contributed by atoms with Crippen LogP contribution in [0.15, 0.2) is 10.2 Å². The molecule has 2 aliphatic carbocycles. The first-order valence-electron chi connectivity index (χ1n) is 11.8. The van der Waals surface area contributed by atoms with Crippen LogP contribution in [0.5, 0.6) is 0 Å². The van der Waals surface area contributed by atoms with Crippen LogP contribution in [0.25, 0.3) is 0 Å². The van der Waals surface area contributed by atoms with Gasteiger partial charge in [0.2, 0.25) is 11.8 Å². The van der Waals surface area contributed by atoms with Crippen molar-refractivity contribution in [2.24, 2.45) is 22.0 Å². The Balaban J connectivity index is 1.49. The number of carbonyl (C=O) groups excluding carboxylic acids is 2. The molecule has 2 fully saturated rings. The van der Waals surface area contributed by atoms with E-state index in [0.29, 0.717) is 12.8 Å². The minimum atomic E-state index is -0.0198. The van der Waals surface area contributed by atoms with Gasteiger partial charge in [-0.3, -0.25) is 9.59 Å². The lowest BCUT2D eigenvalue weighted by molar-refractivity contribution is -0.121. The number of hydrogen-bond acceptors (Lipinski definition) is 4. The molecule has 0 bridgehead atoms. The van der Waals surface area contributed by atoms with Gasteiger partial charge in [0, 0.05) is 24.3 Å². The second kappa shape index (κ2) is 13.5. The van der Waals surface area contributed by atoms with E-state index in [1.165, 1.54) is 38.5 Å². The minimum absolute atomic E-state index is 0.0198. The van der Waals surface area contributed by atoms with Crippen LogP contribution in [0.3, 0.4) is 0 Å². The average molecular weight is 405 g/mol. The third-order valence-electron chi connectivity index (χ3n) is 6.50. The second-order valence-corrected chi connectivity index (χ2v) is 8.69. The number of hydrazone groups is 2. The fourth-order valence-electron chi connectivity index (χ4n) is 4.20. The molecule has 6 heteroatoms. The monoisotopic (exact) mass is 404 g/mol. The SMILES string of the molecule is CCC1CCC(=NNC(=O)CCCCCC(=O)NN=C2CCC(CC)CC2)CC1. The smallest absolute Gasteiger partial charge is 0.240 e. The maximum atomic E-state index is 11.9. The molecule has 6 nitrogen and oxygen atoms in total. The molecule has 2 aliphatic rings. The van der Waals surface area contributed by atoms with E-state index < -0.39 is 0 Å². The Bertz CT molecular complexity index is 515. The fraction of sp³-hybridized carbons (Fsp3) is 0.826. The fourth-order valence-corrected chi connectivity index (χ4v) is 4.20. The third-order valence-corrected chi connectivity index (χ3v) is 6.50. The van der Waals surface area contributed by atoms with Gasteiger partial charge in [0.15, 0.2) is 0 Å². The molecular formula is C23H40N4O2. The summed E-state index contributed by atoms with van der Waals surface area (Å²) in [5, 5.41) is 8.59. The Morgan fingerprint density at radius 1 is 0.724 bits per heavy atom. The highest BCUT2D eigenvalue weighted by Crippen LogP contribution is 2.25. The summed E-state index contributed by atoms with van der Waals surface area (Å²) in [6, 6.07) is 0. The van der Waals surface area contributed by atoms with Gasteiger partial charge in [0.1, 0.15) is 0 Å². The Morgan fingerprint density at radius 3 is 1.45 bits per heavy atom. The molecule has 2 N–H and O–H groups in total. The summed E-state index contributed by atoms with van der Waals surface area (Å²) in [5.74, 6) is 1.61. The van der Waals surface area contributed by atoms with Gasteiger partial charge in [-0.2, -0.15) is 10.2 Å². The molecule has 0 spiro atoms. The number of nitrogens with zero attached hydrogens (tertiary/aromatic N) is 2. The highest BCUT2D eigenvalue weighted by molar-refractivity contribution is 5.87. The van der Waals surface area contributed by atoms with E-state index in [2.05, 4.69) is 34.9 Å². The topological polar surface area (TPSA) is 82.9 Å². The van der Waals surface area contributed by atoms with Gasteiger partial charge in [-0.25, -0.2) is 10.9 Å². The standard InChI is InChI=1S/C23H40N4O2/c1-3-18-10-14-20(15-11-18)24-26-22(28)8-6-5-7-9-23(29)27-25-21-16-12-19(4-2)13-17-21/h18-19H,3-17H2,1-2H3,(H,26,28)(H,27,29). The summed E-state index contributed by atoms with van der Waals surface area (Å²) in [5.41, 5.74) is 7.66. The molecule has 0 heterocycles. The quantitative estimate of drug-likeness (QED) is 0.393. The van der Waals surface area contributed by atoms with Crippen molar-refractivity contribution in [1.82, 2.24) is 10.9 Å². The van der Waals surface area contributed by atoms with Crippen molar-refractivity contribution in [2.75, 3.05) is 0 Å². The predicted molar refractivity (Wildman–Crippen MR) is 119 cm³/mol. The lowest BCUT2D eigenvalue weighted by Gasteiger charge is -2.21. The first-order valence-corrected chi connectivity index (χ1v) is 11.8. The number of nitrogens with one attached hydrogen (secondary N) is 2. The van der Waals surface area contributed by atoms with Gasteiger partial charge in [-0.15, -0.1) is 0 Å². The Labute approximate surface area is 176 Å². The lowest BCUT2D eigenvalue weighted by Crippen LogP contribution is -2.22. The van der Waals surface area contributed by atoms with Crippen molar-refractivity contribution in [2.45, 2.75) is 110 Å². The number of carbonyl (C=O) groups is 2. The highest BCUT2D eigenvalue weighted by Gasteiger charge is 2.17. The van der Waals surface area contributed by atoms with Crippen LogP contribution in [-0.2, 0) is 9.59 Å². The molecule has 2 amide bonds. The van der Waals surface area contributed by atoms with Crippen LogP contribution in [0.2, 0.25) is 0 Å². The zero-order valence-electron chi connectivity index (χ0n) is 18.5. The number of hydrogen-bond donors (Lipinski definition) is 2. The molecule has 0 saturated heterocycles. The van der Waals surface area contributed by atoms with Gasteiger partial charge >= 0.3 is 0 Å². The van der Waals surface area contributed by atoms with E-state index in [1.54, 1.807) is 0 Å². The Morgan fingerprint density at radius 2 is 1.10 bits per heavy atom. The molecule has 0 aromatic rings. The van der Waals surface area contributed by atoms with Crippen molar-refractivity contribution in [3.8, 4) is 0 Å². The van der Waals surface area contributed by atoms with Gasteiger partial charge in [0.05, 0.1) is 0 Å². The van der Waals surface area contributed by atoms with Crippen LogP contribution in [-0.4, -0.2) is 23.2 Å². The van der Waals surface area contributed by atoms with E-state index in [1.807, 2.05) is 0 Å². The van der Waals surface area contributed by atoms with E-state index in [4.69, 9.17) is 0 Å². The zero-order valence-corrected chi connectivity index (χ0v) is 18.5. The molecule has 0 atom stereocenters. The number of rotatable bonds is 10. The molecule has 2 saturated carbocycles. The van der Waals surface area contributed by atoms with Crippen LogP contribution in [0.4, 0.5) is 0 Å². The van der Waals surface area contributed by atoms with Gasteiger partial charge in [-0.1, -0.05) is 33.1 Å². The maximum absolute atomic E-state index is 11.9. The largest absolute Gasteiger partial charge is 0.273 e. The summed E-state index contributed by atoms with van der Waals surface area (Å²) in [4.78, 5) is 23.8. The van der Waals surface area contributed by atoms with Crippen molar-refractivity contribution in [3.05, 3.63) is 0 Å². The molecule has 0 radical (unpaired) electrons. The predicted octanol–water partition coefficient (Wildman–Crippen LogP) is 5.08.